The van der Waals surface area contributed by atoms with E-state index < -0.39 is 23.8 Å². The van der Waals surface area contributed by atoms with Crippen LogP contribution < -0.4 is 10.6 Å². The molecule has 0 aliphatic carbocycles. The second-order valence-electron chi connectivity index (χ2n) is 13.4. The summed E-state index contributed by atoms with van der Waals surface area (Å²) in [4.78, 5) is 44.2. The Morgan fingerprint density at radius 1 is 0.851 bits per heavy atom. The van der Waals surface area contributed by atoms with Gasteiger partial charge in [-0.3, -0.25) is 9.59 Å². The van der Waals surface area contributed by atoms with Crippen LogP contribution in [0.15, 0.2) is 66.7 Å². The molecule has 0 aromatic heterocycles. The number of benzene rings is 3. The lowest BCUT2D eigenvalue weighted by Crippen LogP contribution is -2.53. The average Bonchev–Trinajstić information content (AvgIpc) is 3.00. The molecule has 0 heterocycles. The van der Waals surface area contributed by atoms with Gasteiger partial charge < -0.3 is 20.3 Å². The molecule has 0 radical (unpaired) electrons. The number of ether oxygens (including phenoxy) is 1. The van der Waals surface area contributed by atoms with Crippen molar-refractivity contribution in [3.63, 3.8) is 0 Å². The molecule has 7 nitrogen and oxygen atoms in total. The summed E-state index contributed by atoms with van der Waals surface area (Å²) in [6.07, 6.45) is 5.62. The Balaban J connectivity index is 2.12. The highest BCUT2D eigenvalue weighted by Gasteiger charge is 2.37. The van der Waals surface area contributed by atoms with Crippen LogP contribution >= 0.6 is 11.6 Å². The molecule has 254 valence electrons. The number of nitrogens with one attached hydrogen (secondary N) is 2. The Bertz CT molecular complexity index is 1470. The van der Waals surface area contributed by atoms with Gasteiger partial charge >= 0.3 is 6.09 Å². The number of aryl methyl sites for hydroxylation is 3. The van der Waals surface area contributed by atoms with Crippen molar-refractivity contribution in [2.24, 2.45) is 0 Å². The second-order valence-corrected chi connectivity index (χ2v) is 13.8. The van der Waals surface area contributed by atoms with E-state index in [-0.39, 0.29) is 18.2 Å². The molecule has 0 spiro atoms. The molecule has 2 unspecified atom stereocenters. The fraction of sp³-hybridized carbons (Fsp3) is 0.462. The van der Waals surface area contributed by atoms with E-state index in [1.165, 1.54) is 0 Å². The van der Waals surface area contributed by atoms with Gasteiger partial charge in [-0.25, -0.2) is 4.79 Å². The Morgan fingerprint density at radius 2 is 1.53 bits per heavy atom. The molecule has 3 rings (SSSR count). The first-order chi connectivity index (χ1) is 22.3. The van der Waals surface area contributed by atoms with Crippen molar-refractivity contribution >= 4 is 35.2 Å². The molecule has 2 N–H and O–H groups in total. The maximum atomic E-state index is 14.9. The van der Waals surface area contributed by atoms with Crippen molar-refractivity contribution in [2.75, 3.05) is 11.9 Å². The first-order valence-corrected chi connectivity index (χ1v) is 17.2. The largest absolute Gasteiger partial charge is 0.444 e. The lowest BCUT2D eigenvalue weighted by molar-refractivity contribution is -0.140. The number of hydrogen-bond acceptors (Lipinski definition) is 4. The van der Waals surface area contributed by atoms with Gasteiger partial charge in [0.05, 0.1) is 10.7 Å². The zero-order valence-electron chi connectivity index (χ0n) is 29.1. The number of carbonyl (C=O) groups is 3. The summed E-state index contributed by atoms with van der Waals surface area (Å²) < 4.78 is 5.59. The number of rotatable bonds is 15. The summed E-state index contributed by atoms with van der Waals surface area (Å²) in [7, 11) is 0. The molecule has 3 aromatic carbocycles. The minimum Gasteiger partial charge on any atom is -0.444 e. The smallest absolute Gasteiger partial charge is 0.408 e. The van der Waals surface area contributed by atoms with Crippen molar-refractivity contribution in [1.82, 2.24) is 10.2 Å². The monoisotopic (exact) mass is 661 g/mol. The van der Waals surface area contributed by atoms with E-state index in [4.69, 9.17) is 16.3 Å². The zero-order chi connectivity index (χ0) is 34.6. The molecule has 0 saturated carbocycles. The molecule has 0 aliphatic rings. The highest BCUT2D eigenvalue weighted by molar-refractivity contribution is 6.34. The maximum Gasteiger partial charge on any atom is 0.408 e. The molecular weight excluding hydrogens is 610 g/mol. The van der Waals surface area contributed by atoms with E-state index in [0.717, 1.165) is 59.9 Å². The highest BCUT2D eigenvalue weighted by Crippen LogP contribution is 2.32. The lowest BCUT2D eigenvalue weighted by Gasteiger charge is -2.35. The normalized spacial score (nSPS) is 12.6. The SMILES string of the molecule is CCCCCCCCN(C(=O)C(Cc1ccccc1)NC(=O)OC(C)(C)C)C(C(=O)Nc1c(C)cccc1Cl)c1cc(C)ccc1C. The molecule has 8 heteroatoms. The quantitative estimate of drug-likeness (QED) is 0.159. The summed E-state index contributed by atoms with van der Waals surface area (Å²) in [5.74, 6) is -0.727. The number of para-hydroxylation sites is 1. The Labute approximate surface area is 286 Å². The molecule has 3 amide bonds. The fourth-order valence-corrected chi connectivity index (χ4v) is 5.88. The standard InChI is InChI=1S/C39H52ClN3O4/c1-8-9-10-11-12-16-24-43(37(45)33(26-30-19-14-13-15-20-30)41-38(46)47-39(5,6)7)35(31-25-27(2)22-23-28(31)3)36(44)42-34-29(4)18-17-21-32(34)40/h13-15,17-23,25,33,35H,8-12,16,24,26H2,1-7H3,(H,41,46)(H,42,44). The van der Waals surface area contributed by atoms with Gasteiger partial charge in [0, 0.05) is 13.0 Å². The van der Waals surface area contributed by atoms with Crippen LogP contribution in [-0.2, 0) is 20.7 Å². The van der Waals surface area contributed by atoms with E-state index in [2.05, 4.69) is 17.6 Å². The summed E-state index contributed by atoms with van der Waals surface area (Å²) in [5.41, 5.74) is 4.02. The van der Waals surface area contributed by atoms with Crippen LogP contribution in [-0.4, -0.2) is 41.0 Å². The van der Waals surface area contributed by atoms with E-state index in [0.29, 0.717) is 23.7 Å². The van der Waals surface area contributed by atoms with Crippen molar-refractivity contribution in [1.29, 1.82) is 0 Å². The third-order valence-electron chi connectivity index (χ3n) is 8.07. The summed E-state index contributed by atoms with van der Waals surface area (Å²) in [6, 6.07) is 19.0. The van der Waals surface area contributed by atoms with Crippen molar-refractivity contribution in [3.05, 3.63) is 99.6 Å². The van der Waals surface area contributed by atoms with Crippen LogP contribution in [0, 0.1) is 20.8 Å². The van der Waals surface area contributed by atoms with E-state index >= 15 is 0 Å². The summed E-state index contributed by atoms with van der Waals surface area (Å²) >= 11 is 6.56. The van der Waals surface area contributed by atoms with Crippen LogP contribution in [0.1, 0.15) is 100 Å². The minimum absolute atomic E-state index is 0.233. The van der Waals surface area contributed by atoms with Gasteiger partial charge in [0.25, 0.3) is 5.91 Å². The third-order valence-corrected chi connectivity index (χ3v) is 8.38. The molecule has 0 aliphatic heterocycles. The number of nitrogens with zero attached hydrogens (tertiary/aromatic N) is 1. The predicted octanol–water partition coefficient (Wildman–Crippen LogP) is 9.27. The van der Waals surface area contributed by atoms with Gasteiger partial charge in [0.2, 0.25) is 5.91 Å². The van der Waals surface area contributed by atoms with Crippen LogP contribution in [0.3, 0.4) is 0 Å². The highest BCUT2D eigenvalue weighted by atomic mass is 35.5. The van der Waals surface area contributed by atoms with Gasteiger partial charge in [0.15, 0.2) is 0 Å². The lowest BCUT2D eigenvalue weighted by atomic mass is 9.95. The summed E-state index contributed by atoms with van der Waals surface area (Å²) in [6.45, 7) is 13.7. The van der Waals surface area contributed by atoms with E-state index in [1.54, 1.807) is 31.7 Å². The fourth-order valence-electron chi connectivity index (χ4n) is 5.62. The van der Waals surface area contributed by atoms with E-state index in [1.807, 2.05) is 81.4 Å². The van der Waals surface area contributed by atoms with Crippen LogP contribution in [0.2, 0.25) is 5.02 Å². The van der Waals surface area contributed by atoms with Gasteiger partial charge in [0.1, 0.15) is 17.7 Å². The molecule has 47 heavy (non-hydrogen) atoms. The second kappa shape index (κ2) is 17.9. The van der Waals surface area contributed by atoms with Crippen LogP contribution in [0.4, 0.5) is 10.5 Å². The first kappa shape index (κ1) is 37.6. The molecule has 0 saturated heterocycles. The number of hydrogen-bond donors (Lipinski definition) is 2. The predicted molar refractivity (Wildman–Crippen MR) is 192 cm³/mol. The molecule has 0 fully saturated rings. The number of halogens is 1. The Hall–Kier alpha value is -3.84. The van der Waals surface area contributed by atoms with Crippen molar-refractivity contribution < 1.29 is 19.1 Å². The number of alkyl carbamates (subject to hydrolysis) is 1. The molecular formula is C39H52ClN3O4. The van der Waals surface area contributed by atoms with Gasteiger partial charge in [-0.15, -0.1) is 0 Å². The van der Waals surface area contributed by atoms with Gasteiger partial charge in [-0.05, 0) is 76.3 Å². The van der Waals surface area contributed by atoms with Crippen LogP contribution in [0.5, 0.6) is 0 Å². The van der Waals surface area contributed by atoms with Crippen molar-refractivity contribution in [2.45, 2.75) is 111 Å². The average molecular weight is 662 g/mol. The first-order valence-electron chi connectivity index (χ1n) is 16.8. The Morgan fingerprint density at radius 3 is 2.19 bits per heavy atom. The van der Waals surface area contributed by atoms with Crippen LogP contribution in [0.25, 0.3) is 0 Å². The number of carbonyl (C=O) groups excluding carboxylic acids is 3. The number of unbranched alkanes of at least 4 members (excludes halogenated alkanes) is 5. The zero-order valence-corrected chi connectivity index (χ0v) is 29.9. The molecule has 0 bridgehead atoms. The maximum absolute atomic E-state index is 14.9. The molecule has 2 atom stereocenters. The number of amides is 3. The minimum atomic E-state index is -0.979. The van der Waals surface area contributed by atoms with Gasteiger partial charge in [-0.1, -0.05) is 117 Å². The topological polar surface area (TPSA) is 87.7 Å². The van der Waals surface area contributed by atoms with Gasteiger partial charge in [-0.2, -0.15) is 0 Å². The molecule has 3 aromatic rings. The summed E-state index contributed by atoms with van der Waals surface area (Å²) in [5, 5.41) is 6.33. The van der Waals surface area contributed by atoms with Crippen molar-refractivity contribution in [3.8, 4) is 0 Å². The third kappa shape index (κ3) is 11.7. The number of anilines is 1. The Kier molecular flexibility index (Phi) is 14.3. The van der Waals surface area contributed by atoms with E-state index in [9.17, 15) is 14.4 Å².